The van der Waals surface area contributed by atoms with Crippen molar-refractivity contribution >= 4 is 16.8 Å². The summed E-state index contributed by atoms with van der Waals surface area (Å²) in [6, 6.07) is 5.67. The number of hydrogen-bond donors (Lipinski definition) is 1. The minimum atomic E-state index is 0.681. The lowest BCUT2D eigenvalue weighted by Gasteiger charge is -2.31. The summed E-state index contributed by atoms with van der Waals surface area (Å²) in [7, 11) is 4.33. The summed E-state index contributed by atoms with van der Waals surface area (Å²) in [6.45, 7) is 4.25. The zero-order chi connectivity index (χ0) is 14.8. The lowest BCUT2D eigenvalue weighted by molar-refractivity contribution is 0.168. The number of rotatable bonds is 4. The molecule has 0 amide bonds. The van der Waals surface area contributed by atoms with E-state index in [4.69, 9.17) is 10.2 Å². The van der Waals surface area contributed by atoms with E-state index >= 15 is 0 Å². The molecule has 3 rings (SSSR count). The molecule has 1 aliphatic rings. The molecule has 1 fully saturated rings. The average Bonchev–Trinajstić information content (AvgIpc) is 2.85. The van der Waals surface area contributed by atoms with Crippen LogP contribution in [0.2, 0.25) is 0 Å². The Morgan fingerprint density at radius 3 is 2.86 bits per heavy atom. The van der Waals surface area contributed by atoms with Gasteiger partial charge in [-0.3, -0.25) is 4.90 Å². The van der Waals surface area contributed by atoms with E-state index in [0.717, 1.165) is 36.0 Å². The van der Waals surface area contributed by atoms with Crippen LogP contribution in [0.5, 0.6) is 0 Å². The fourth-order valence-corrected chi connectivity index (χ4v) is 3.06. The molecule has 0 atom stereocenters. The van der Waals surface area contributed by atoms with Gasteiger partial charge in [0, 0.05) is 6.54 Å². The van der Waals surface area contributed by atoms with Gasteiger partial charge in [-0.25, -0.2) is 4.98 Å². The first-order chi connectivity index (χ1) is 10.1. The summed E-state index contributed by atoms with van der Waals surface area (Å²) in [6.07, 6.45) is 2.56. The van der Waals surface area contributed by atoms with Gasteiger partial charge in [-0.2, -0.15) is 0 Å². The molecule has 5 nitrogen and oxygen atoms in total. The van der Waals surface area contributed by atoms with Crippen LogP contribution in [0.25, 0.3) is 11.1 Å². The zero-order valence-corrected chi connectivity index (χ0v) is 12.9. The van der Waals surface area contributed by atoms with Crippen LogP contribution >= 0.6 is 0 Å². The maximum absolute atomic E-state index is 5.92. The van der Waals surface area contributed by atoms with E-state index in [-0.39, 0.29) is 0 Å². The van der Waals surface area contributed by atoms with Crippen molar-refractivity contribution in [3.63, 3.8) is 0 Å². The van der Waals surface area contributed by atoms with Gasteiger partial charge in [0.1, 0.15) is 5.52 Å². The molecule has 1 aromatic carbocycles. The molecule has 0 aliphatic carbocycles. The highest BCUT2D eigenvalue weighted by Gasteiger charge is 2.19. The first-order valence-corrected chi connectivity index (χ1v) is 7.63. The number of nitrogens with two attached hydrogens (primary N) is 1. The Balaban J connectivity index is 1.61. The molecule has 0 radical (unpaired) electrons. The first-order valence-electron chi connectivity index (χ1n) is 7.63. The Hall–Kier alpha value is -1.59. The average molecular weight is 288 g/mol. The topological polar surface area (TPSA) is 58.5 Å². The molecule has 1 aromatic heterocycles. The van der Waals surface area contributed by atoms with Crippen LogP contribution in [0.15, 0.2) is 22.6 Å². The van der Waals surface area contributed by atoms with E-state index in [1.54, 1.807) is 0 Å². The number of para-hydroxylation sites is 1. The smallest absolute Gasteiger partial charge is 0.209 e. The maximum Gasteiger partial charge on any atom is 0.209 e. The Morgan fingerprint density at radius 2 is 2.14 bits per heavy atom. The molecule has 21 heavy (non-hydrogen) atoms. The van der Waals surface area contributed by atoms with Crippen LogP contribution in [0.3, 0.4) is 0 Å². The molecule has 2 aromatic rings. The molecule has 1 aliphatic heterocycles. The van der Waals surface area contributed by atoms with Crippen molar-refractivity contribution in [2.45, 2.75) is 19.4 Å². The molecule has 5 heteroatoms. The number of fused-ring (bicyclic) bond motifs is 1. The van der Waals surface area contributed by atoms with Gasteiger partial charge < -0.3 is 15.1 Å². The third-order valence-electron chi connectivity index (χ3n) is 4.31. The van der Waals surface area contributed by atoms with Gasteiger partial charge in [-0.1, -0.05) is 6.07 Å². The van der Waals surface area contributed by atoms with Crippen LogP contribution in [0, 0.1) is 5.92 Å². The van der Waals surface area contributed by atoms with Crippen molar-refractivity contribution in [3.05, 3.63) is 24.1 Å². The maximum atomic E-state index is 5.92. The summed E-state index contributed by atoms with van der Waals surface area (Å²) >= 11 is 0. The van der Waals surface area contributed by atoms with Crippen molar-refractivity contribution < 1.29 is 4.42 Å². The minimum Gasteiger partial charge on any atom is -0.439 e. The van der Waals surface area contributed by atoms with Crippen LogP contribution < -0.4 is 5.73 Å². The monoisotopic (exact) mass is 288 g/mol. The highest BCUT2D eigenvalue weighted by atomic mass is 16.3. The van der Waals surface area contributed by atoms with Gasteiger partial charge in [0.25, 0.3) is 0 Å². The number of benzene rings is 1. The first kappa shape index (κ1) is 14.4. The number of hydrogen-bond acceptors (Lipinski definition) is 5. The van der Waals surface area contributed by atoms with E-state index in [2.05, 4.69) is 28.9 Å². The highest BCUT2D eigenvalue weighted by molar-refractivity contribution is 5.85. The molecular formula is C16H24N4O. The molecule has 2 heterocycles. The summed E-state index contributed by atoms with van der Waals surface area (Å²) in [5.41, 5.74) is 8.16. The summed E-state index contributed by atoms with van der Waals surface area (Å²) in [5, 5.41) is 0. The van der Waals surface area contributed by atoms with Gasteiger partial charge in [-0.15, -0.1) is 0 Å². The molecule has 0 unspecified atom stereocenters. The van der Waals surface area contributed by atoms with Crippen LogP contribution in [0.4, 0.5) is 5.69 Å². The summed E-state index contributed by atoms with van der Waals surface area (Å²) in [4.78, 5) is 9.22. The van der Waals surface area contributed by atoms with Crippen molar-refractivity contribution in [3.8, 4) is 0 Å². The fraction of sp³-hybridized carbons (Fsp3) is 0.562. The minimum absolute atomic E-state index is 0.681. The molecule has 1 saturated heterocycles. The Morgan fingerprint density at radius 1 is 1.38 bits per heavy atom. The van der Waals surface area contributed by atoms with E-state index in [1.807, 2.05) is 18.2 Å². The zero-order valence-electron chi connectivity index (χ0n) is 12.9. The second kappa shape index (κ2) is 6.03. The van der Waals surface area contributed by atoms with Crippen molar-refractivity contribution in [2.24, 2.45) is 5.92 Å². The van der Waals surface area contributed by atoms with E-state index in [9.17, 15) is 0 Å². The number of likely N-dealkylation sites (tertiary alicyclic amines) is 1. The third-order valence-corrected chi connectivity index (χ3v) is 4.31. The molecule has 0 spiro atoms. The van der Waals surface area contributed by atoms with E-state index in [0.29, 0.717) is 5.69 Å². The quantitative estimate of drug-likeness (QED) is 0.874. The predicted molar refractivity (Wildman–Crippen MR) is 85.0 cm³/mol. The molecule has 2 N–H and O–H groups in total. The van der Waals surface area contributed by atoms with Crippen LogP contribution in [-0.4, -0.2) is 48.5 Å². The van der Waals surface area contributed by atoms with Crippen LogP contribution in [-0.2, 0) is 6.54 Å². The normalized spacial score (nSPS) is 17.9. The van der Waals surface area contributed by atoms with Gasteiger partial charge in [-0.05, 0) is 58.1 Å². The summed E-state index contributed by atoms with van der Waals surface area (Å²) in [5.74, 6) is 1.53. The van der Waals surface area contributed by atoms with Gasteiger partial charge in [0.15, 0.2) is 5.58 Å². The molecule has 0 bridgehead atoms. The second-order valence-corrected chi connectivity index (χ2v) is 6.24. The van der Waals surface area contributed by atoms with Crippen molar-refractivity contribution in [2.75, 3.05) is 39.5 Å². The number of aromatic nitrogens is 1. The van der Waals surface area contributed by atoms with Gasteiger partial charge in [0.2, 0.25) is 5.89 Å². The number of anilines is 1. The second-order valence-electron chi connectivity index (χ2n) is 6.24. The molecule has 0 saturated carbocycles. The lowest BCUT2D eigenvalue weighted by Crippen LogP contribution is -2.35. The van der Waals surface area contributed by atoms with E-state index in [1.165, 1.54) is 25.9 Å². The Labute approximate surface area is 125 Å². The van der Waals surface area contributed by atoms with Crippen molar-refractivity contribution in [1.82, 2.24) is 14.8 Å². The fourth-order valence-electron chi connectivity index (χ4n) is 3.06. The highest BCUT2D eigenvalue weighted by Crippen LogP contribution is 2.22. The molecular weight excluding hydrogens is 264 g/mol. The van der Waals surface area contributed by atoms with Crippen molar-refractivity contribution in [1.29, 1.82) is 0 Å². The summed E-state index contributed by atoms with van der Waals surface area (Å²) < 4.78 is 5.78. The number of oxazole rings is 1. The SMILES string of the molecule is CN1CCC(CN(C)Cc2nc3c(N)cccc3o2)CC1. The predicted octanol–water partition coefficient (Wildman–Crippen LogP) is 2.18. The van der Waals surface area contributed by atoms with Gasteiger partial charge in [0.05, 0.1) is 12.2 Å². The number of nitrogen functional groups attached to an aromatic ring is 1. The van der Waals surface area contributed by atoms with Crippen LogP contribution in [0.1, 0.15) is 18.7 Å². The Bertz CT molecular complexity index is 601. The standard InChI is InChI=1S/C16H24N4O/c1-19-8-6-12(7-9-19)10-20(2)11-15-18-16-13(17)4-3-5-14(16)21-15/h3-5,12H,6-11,17H2,1-2H3. The lowest BCUT2D eigenvalue weighted by atomic mass is 9.97. The number of nitrogens with zero attached hydrogens (tertiary/aromatic N) is 3. The van der Waals surface area contributed by atoms with E-state index < -0.39 is 0 Å². The Kier molecular flexibility index (Phi) is 4.12. The largest absolute Gasteiger partial charge is 0.439 e. The van der Waals surface area contributed by atoms with Gasteiger partial charge >= 0.3 is 0 Å². The number of piperidine rings is 1. The molecule has 114 valence electrons. The third kappa shape index (κ3) is 3.36.